The summed E-state index contributed by atoms with van der Waals surface area (Å²) in [7, 11) is 0. The molecule has 1 aliphatic rings. The molecule has 1 fully saturated rings. The smallest absolute Gasteiger partial charge is 0.336 e. The zero-order valence-electron chi connectivity index (χ0n) is 16.1. The average Bonchev–Trinajstić information content (AvgIpc) is 2.74. The predicted molar refractivity (Wildman–Crippen MR) is 109 cm³/mol. The Kier molecular flexibility index (Phi) is 5.26. The van der Waals surface area contributed by atoms with Gasteiger partial charge in [-0.05, 0) is 30.2 Å². The second-order valence-electron chi connectivity index (χ2n) is 7.36. The largest absolute Gasteiger partial charge is 0.423 e. The zero-order valence-corrected chi connectivity index (χ0v) is 16.1. The number of nitrogens with zero attached hydrogens (tertiary/aromatic N) is 1. The van der Waals surface area contributed by atoms with Gasteiger partial charge in [-0.1, -0.05) is 37.3 Å². The van der Waals surface area contributed by atoms with Crippen LogP contribution in [0.3, 0.4) is 0 Å². The molecule has 0 saturated carbocycles. The highest BCUT2D eigenvalue weighted by atomic mass is 16.4. The van der Waals surface area contributed by atoms with Crippen LogP contribution in [0.15, 0.2) is 63.8 Å². The van der Waals surface area contributed by atoms with E-state index in [4.69, 9.17) is 4.42 Å². The molecule has 0 aliphatic carbocycles. The number of aryl methyl sites for hydroxylation is 1. The molecule has 2 heterocycles. The quantitative estimate of drug-likeness (QED) is 0.707. The number of carbonyl (C=O) groups is 1. The highest BCUT2D eigenvalue weighted by Gasteiger charge is 2.25. The van der Waals surface area contributed by atoms with Crippen LogP contribution in [-0.4, -0.2) is 37.0 Å². The Morgan fingerprint density at radius 2 is 1.82 bits per heavy atom. The lowest BCUT2D eigenvalue weighted by atomic mass is 10.1. The van der Waals surface area contributed by atoms with E-state index >= 15 is 0 Å². The van der Waals surface area contributed by atoms with Gasteiger partial charge in [0.15, 0.2) is 0 Å². The number of benzene rings is 2. The van der Waals surface area contributed by atoms with Gasteiger partial charge in [0, 0.05) is 22.6 Å². The molecule has 1 aliphatic heterocycles. The summed E-state index contributed by atoms with van der Waals surface area (Å²) >= 11 is 0. The van der Waals surface area contributed by atoms with Gasteiger partial charge < -0.3 is 14.2 Å². The van der Waals surface area contributed by atoms with Crippen molar-refractivity contribution in [2.45, 2.75) is 19.9 Å². The van der Waals surface area contributed by atoms with E-state index in [1.54, 1.807) is 6.07 Å². The monoisotopic (exact) mass is 377 g/mol. The third-order valence-electron chi connectivity index (χ3n) is 5.52. The Balaban J connectivity index is 1.46. The van der Waals surface area contributed by atoms with E-state index < -0.39 is 0 Å². The van der Waals surface area contributed by atoms with E-state index in [0.717, 1.165) is 61.2 Å². The number of amides is 1. The molecule has 0 atom stereocenters. The Hall–Kier alpha value is -2.92. The molecule has 0 unspecified atom stereocenters. The molecule has 1 aromatic heterocycles. The van der Waals surface area contributed by atoms with Crippen LogP contribution >= 0.6 is 0 Å². The first-order chi connectivity index (χ1) is 13.6. The minimum atomic E-state index is -0.298. The fourth-order valence-electron chi connectivity index (χ4n) is 3.88. The minimum absolute atomic E-state index is 0.0950. The lowest BCUT2D eigenvalue weighted by Gasteiger charge is -2.32. The van der Waals surface area contributed by atoms with Gasteiger partial charge in [0.2, 0.25) is 0 Å². The fraction of sp³-hybridized carbons (Fsp3) is 0.304. The molecule has 1 saturated heterocycles. The van der Waals surface area contributed by atoms with E-state index in [0.29, 0.717) is 5.58 Å². The first kappa shape index (κ1) is 18.4. The van der Waals surface area contributed by atoms with E-state index in [1.807, 2.05) is 41.3 Å². The number of hydrogen-bond donors (Lipinski definition) is 1. The number of quaternary nitrogens is 1. The Morgan fingerprint density at radius 1 is 1.07 bits per heavy atom. The number of rotatable bonds is 4. The van der Waals surface area contributed by atoms with Gasteiger partial charge in [-0.2, -0.15) is 0 Å². The number of hydrogen-bond acceptors (Lipinski definition) is 3. The number of piperazine rings is 1. The summed E-state index contributed by atoms with van der Waals surface area (Å²) in [5.74, 6) is 0.0950. The van der Waals surface area contributed by atoms with Crippen molar-refractivity contribution in [2.24, 2.45) is 0 Å². The molecule has 4 rings (SSSR count). The maximum absolute atomic E-state index is 12.6. The van der Waals surface area contributed by atoms with Crippen LogP contribution in [0.4, 0.5) is 0 Å². The molecule has 2 aromatic carbocycles. The van der Waals surface area contributed by atoms with Gasteiger partial charge in [0.1, 0.15) is 12.1 Å². The Morgan fingerprint density at radius 3 is 2.54 bits per heavy atom. The van der Waals surface area contributed by atoms with E-state index in [9.17, 15) is 9.59 Å². The number of nitrogens with one attached hydrogen (secondary N) is 1. The second-order valence-corrected chi connectivity index (χ2v) is 7.36. The molecule has 5 heteroatoms. The SMILES string of the molecule is CCc1ccc2c(C[NH+]3CCN(C(=O)c4ccccc4)CC3)cc(=O)oc2c1. The highest BCUT2D eigenvalue weighted by Crippen LogP contribution is 2.18. The maximum atomic E-state index is 12.6. The van der Waals surface area contributed by atoms with E-state index in [-0.39, 0.29) is 11.5 Å². The van der Waals surface area contributed by atoms with Crippen LogP contribution in [0.25, 0.3) is 11.0 Å². The first-order valence-electron chi connectivity index (χ1n) is 9.87. The molecule has 3 aromatic rings. The summed E-state index contributed by atoms with van der Waals surface area (Å²) in [5.41, 5.74) is 3.29. The van der Waals surface area contributed by atoms with Gasteiger partial charge >= 0.3 is 5.63 Å². The van der Waals surface area contributed by atoms with Gasteiger partial charge in [-0.3, -0.25) is 4.79 Å². The van der Waals surface area contributed by atoms with Crippen molar-refractivity contribution < 1.29 is 14.1 Å². The van der Waals surface area contributed by atoms with Crippen LogP contribution in [0.1, 0.15) is 28.4 Å². The van der Waals surface area contributed by atoms with Crippen LogP contribution < -0.4 is 10.5 Å². The summed E-state index contributed by atoms with van der Waals surface area (Å²) < 4.78 is 5.41. The van der Waals surface area contributed by atoms with Crippen LogP contribution in [0.5, 0.6) is 0 Å². The molecule has 0 bridgehead atoms. The molecular formula is C23H25N2O3+. The van der Waals surface area contributed by atoms with Crippen molar-refractivity contribution in [1.29, 1.82) is 0 Å². The lowest BCUT2D eigenvalue weighted by molar-refractivity contribution is -0.917. The Bertz CT molecular complexity index is 1030. The highest BCUT2D eigenvalue weighted by molar-refractivity contribution is 5.94. The van der Waals surface area contributed by atoms with Crippen LogP contribution in [-0.2, 0) is 13.0 Å². The second kappa shape index (κ2) is 7.98. The van der Waals surface area contributed by atoms with Crippen molar-refractivity contribution in [2.75, 3.05) is 26.2 Å². The third kappa shape index (κ3) is 3.85. The van der Waals surface area contributed by atoms with Crippen LogP contribution in [0.2, 0.25) is 0 Å². The molecule has 5 nitrogen and oxygen atoms in total. The summed E-state index contributed by atoms with van der Waals surface area (Å²) in [6.45, 7) is 6.04. The van der Waals surface area contributed by atoms with Crippen molar-refractivity contribution in [3.63, 3.8) is 0 Å². The normalized spacial score (nSPS) is 15.1. The molecule has 28 heavy (non-hydrogen) atoms. The molecule has 144 valence electrons. The number of carbonyl (C=O) groups excluding carboxylic acids is 1. The lowest BCUT2D eigenvalue weighted by Crippen LogP contribution is -3.13. The average molecular weight is 377 g/mol. The maximum Gasteiger partial charge on any atom is 0.336 e. The summed E-state index contributed by atoms with van der Waals surface area (Å²) in [5, 5.41) is 1.01. The van der Waals surface area contributed by atoms with Gasteiger partial charge in [-0.15, -0.1) is 0 Å². The molecule has 1 N–H and O–H groups in total. The standard InChI is InChI=1S/C23H24N2O3/c1-2-17-8-9-20-19(15-22(26)28-21(20)14-17)16-24-10-12-25(13-11-24)23(27)18-6-4-3-5-7-18/h3-9,14-15H,2,10-13,16H2,1H3/p+1. The molecular weight excluding hydrogens is 352 g/mol. The minimum Gasteiger partial charge on any atom is -0.423 e. The van der Waals surface area contributed by atoms with Crippen molar-refractivity contribution in [3.05, 3.63) is 81.7 Å². The molecule has 0 spiro atoms. The van der Waals surface area contributed by atoms with Crippen molar-refractivity contribution in [3.8, 4) is 0 Å². The topological polar surface area (TPSA) is 55.0 Å². The summed E-state index contributed by atoms with van der Waals surface area (Å²) in [6.07, 6.45) is 0.909. The predicted octanol–water partition coefficient (Wildman–Crippen LogP) is 1.90. The zero-order chi connectivity index (χ0) is 19.5. The van der Waals surface area contributed by atoms with Crippen LogP contribution in [0, 0.1) is 0 Å². The Labute approximate surface area is 164 Å². The summed E-state index contributed by atoms with van der Waals surface area (Å²) in [4.78, 5) is 27.9. The third-order valence-corrected chi connectivity index (χ3v) is 5.52. The van der Waals surface area contributed by atoms with E-state index in [1.165, 1.54) is 4.90 Å². The number of fused-ring (bicyclic) bond motifs is 1. The molecule has 0 radical (unpaired) electrons. The van der Waals surface area contributed by atoms with Crippen molar-refractivity contribution >= 4 is 16.9 Å². The summed E-state index contributed by atoms with van der Waals surface area (Å²) in [6, 6.07) is 17.2. The fourth-order valence-corrected chi connectivity index (χ4v) is 3.88. The van der Waals surface area contributed by atoms with E-state index in [2.05, 4.69) is 19.1 Å². The van der Waals surface area contributed by atoms with Gasteiger partial charge in [-0.25, -0.2) is 4.79 Å². The van der Waals surface area contributed by atoms with Gasteiger partial charge in [0.05, 0.1) is 26.2 Å². The first-order valence-corrected chi connectivity index (χ1v) is 9.87. The van der Waals surface area contributed by atoms with Gasteiger partial charge in [0.25, 0.3) is 5.91 Å². The van der Waals surface area contributed by atoms with Crippen molar-refractivity contribution in [1.82, 2.24) is 4.90 Å². The molecule has 1 amide bonds.